The Bertz CT molecular complexity index is 603. The summed E-state index contributed by atoms with van der Waals surface area (Å²) in [6, 6.07) is 18.5. The largest absolute Gasteiger partial charge is 0.358 e. The fraction of sp³-hybridized carbons (Fsp3) is 0.571. The van der Waals surface area contributed by atoms with Gasteiger partial charge in [0.15, 0.2) is 7.14 Å². The van der Waals surface area contributed by atoms with Crippen LogP contribution in [0.1, 0.15) is 102 Å². The summed E-state index contributed by atoms with van der Waals surface area (Å²) >= 11 is -0.0788. The van der Waals surface area contributed by atoms with E-state index in [0.717, 1.165) is 0 Å². The molecule has 2 aromatic carbocycles. The second-order valence-electron chi connectivity index (χ2n) is 8.31. The molecule has 1 heteroatoms. The van der Waals surface area contributed by atoms with E-state index in [1.165, 1.54) is 89.9 Å². The molecule has 29 heavy (non-hydrogen) atoms. The summed E-state index contributed by atoms with van der Waals surface area (Å²) in [5.41, 5.74) is 3.23. The molecule has 0 saturated heterocycles. The van der Waals surface area contributed by atoms with Crippen molar-refractivity contribution in [2.45, 2.75) is 104 Å². The predicted molar refractivity (Wildman–Crippen MR) is 124 cm³/mol. The van der Waals surface area contributed by atoms with E-state index in [1.807, 2.05) is 0 Å². The summed E-state index contributed by atoms with van der Waals surface area (Å²) in [5.74, 6) is 0. The SMILES string of the molecule is CCCCCCCCc1ccccc1[I+]c1ccccc1CCCCCCCC. The van der Waals surface area contributed by atoms with Crippen LogP contribution in [0.25, 0.3) is 0 Å². The standard InChI is InChI=1S/C28H42I/c1-3-5-7-9-11-13-19-25-21-15-17-23-27(25)29-28-24-18-16-22-26(28)20-14-12-10-8-6-4-2/h15-18,21-24H,3-14,19-20H2,1-2H3/q+1. The molecule has 0 heterocycles. The zero-order chi connectivity index (χ0) is 20.6. The molecular formula is C28H42I+. The zero-order valence-electron chi connectivity index (χ0n) is 18.9. The molecule has 0 aliphatic heterocycles. The van der Waals surface area contributed by atoms with Crippen molar-refractivity contribution in [2.24, 2.45) is 0 Å². The van der Waals surface area contributed by atoms with Crippen LogP contribution in [0.2, 0.25) is 0 Å². The molecule has 2 aromatic rings. The highest BCUT2D eigenvalue weighted by Crippen LogP contribution is 2.11. The average molecular weight is 506 g/mol. The molecule has 0 aliphatic rings. The third kappa shape index (κ3) is 10.2. The van der Waals surface area contributed by atoms with E-state index >= 15 is 0 Å². The summed E-state index contributed by atoms with van der Waals surface area (Å²) in [4.78, 5) is 0. The minimum atomic E-state index is -0.0788. The Morgan fingerprint density at radius 3 is 1.31 bits per heavy atom. The molecule has 0 nitrogen and oxygen atoms in total. The van der Waals surface area contributed by atoms with Gasteiger partial charge in [-0.3, -0.25) is 0 Å². The summed E-state index contributed by atoms with van der Waals surface area (Å²) < 4.78 is 3.30. The first kappa shape index (κ1) is 24.4. The molecule has 160 valence electrons. The van der Waals surface area contributed by atoms with Crippen LogP contribution in [0.5, 0.6) is 0 Å². The maximum absolute atomic E-state index is 2.40. The van der Waals surface area contributed by atoms with Crippen molar-refractivity contribution < 1.29 is 21.2 Å². The highest BCUT2D eigenvalue weighted by Gasteiger charge is 2.22. The number of rotatable bonds is 16. The maximum Gasteiger partial charge on any atom is 0.358 e. The van der Waals surface area contributed by atoms with Gasteiger partial charge >= 0.3 is 21.2 Å². The molecule has 0 aliphatic carbocycles. The van der Waals surface area contributed by atoms with Gasteiger partial charge in [-0.05, 0) is 37.8 Å². The van der Waals surface area contributed by atoms with Gasteiger partial charge in [0, 0.05) is 11.1 Å². The first-order chi connectivity index (χ1) is 14.3. The number of aryl methyl sites for hydroxylation is 2. The predicted octanol–water partition coefficient (Wildman–Crippen LogP) is 5.62. The molecular weight excluding hydrogens is 463 g/mol. The summed E-state index contributed by atoms with van der Waals surface area (Å²) in [6.45, 7) is 4.59. The van der Waals surface area contributed by atoms with Crippen molar-refractivity contribution in [1.82, 2.24) is 0 Å². The molecule has 0 amide bonds. The van der Waals surface area contributed by atoms with Crippen LogP contribution < -0.4 is 21.2 Å². The van der Waals surface area contributed by atoms with E-state index < -0.39 is 0 Å². The Hall–Kier alpha value is -0.830. The van der Waals surface area contributed by atoms with Crippen molar-refractivity contribution in [1.29, 1.82) is 0 Å². The van der Waals surface area contributed by atoms with Gasteiger partial charge in [0.2, 0.25) is 0 Å². The van der Waals surface area contributed by atoms with Gasteiger partial charge in [-0.15, -0.1) is 0 Å². The Morgan fingerprint density at radius 2 is 0.862 bits per heavy atom. The molecule has 0 N–H and O–H groups in total. The van der Waals surface area contributed by atoms with Gasteiger partial charge in [0.1, 0.15) is 0 Å². The second kappa shape index (κ2) is 15.9. The fourth-order valence-electron chi connectivity index (χ4n) is 3.89. The van der Waals surface area contributed by atoms with Gasteiger partial charge in [0.25, 0.3) is 0 Å². The van der Waals surface area contributed by atoms with Crippen LogP contribution in [-0.4, -0.2) is 0 Å². The summed E-state index contributed by atoms with van der Waals surface area (Å²) in [7, 11) is 0. The maximum atomic E-state index is 2.40. The van der Waals surface area contributed by atoms with Crippen molar-refractivity contribution in [2.75, 3.05) is 0 Å². The number of hydrogen-bond donors (Lipinski definition) is 0. The molecule has 0 fully saturated rings. The van der Waals surface area contributed by atoms with Crippen LogP contribution in [-0.2, 0) is 12.8 Å². The van der Waals surface area contributed by atoms with E-state index in [1.54, 1.807) is 18.3 Å². The van der Waals surface area contributed by atoms with Gasteiger partial charge in [-0.2, -0.15) is 0 Å². The third-order valence-corrected chi connectivity index (χ3v) is 8.99. The number of benzene rings is 2. The molecule has 0 radical (unpaired) electrons. The number of hydrogen-bond acceptors (Lipinski definition) is 0. The molecule has 0 bridgehead atoms. The van der Waals surface area contributed by atoms with Crippen LogP contribution in [0.15, 0.2) is 48.5 Å². The monoisotopic (exact) mass is 505 g/mol. The smallest absolute Gasteiger partial charge is 0.0654 e. The second-order valence-corrected chi connectivity index (χ2v) is 11.2. The van der Waals surface area contributed by atoms with Crippen molar-refractivity contribution in [3.05, 3.63) is 66.8 Å². The summed E-state index contributed by atoms with van der Waals surface area (Å²) in [6.07, 6.45) is 19.1. The molecule has 0 spiro atoms. The number of halogens is 1. The van der Waals surface area contributed by atoms with E-state index in [-0.39, 0.29) is 21.2 Å². The first-order valence-electron chi connectivity index (χ1n) is 12.2. The lowest BCUT2D eigenvalue weighted by atomic mass is 10.1. The van der Waals surface area contributed by atoms with Crippen molar-refractivity contribution >= 4 is 0 Å². The van der Waals surface area contributed by atoms with Crippen LogP contribution in [0.4, 0.5) is 0 Å². The van der Waals surface area contributed by atoms with E-state index in [2.05, 4.69) is 62.4 Å². The van der Waals surface area contributed by atoms with Crippen molar-refractivity contribution in [3.8, 4) is 0 Å². The third-order valence-electron chi connectivity index (χ3n) is 5.72. The lowest BCUT2D eigenvalue weighted by Gasteiger charge is -2.04. The minimum Gasteiger partial charge on any atom is -0.0654 e. The van der Waals surface area contributed by atoms with Gasteiger partial charge in [-0.1, -0.05) is 114 Å². The number of unbranched alkanes of at least 4 members (excludes halogenated alkanes) is 10. The van der Waals surface area contributed by atoms with Crippen LogP contribution in [0, 0.1) is 7.14 Å². The molecule has 0 atom stereocenters. The van der Waals surface area contributed by atoms with Gasteiger partial charge < -0.3 is 0 Å². The molecule has 0 unspecified atom stereocenters. The lowest BCUT2D eigenvalue weighted by molar-refractivity contribution is -0.599. The molecule has 0 aromatic heterocycles. The first-order valence-corrected chi connectivity index (χ1v) is 14.3. The van der Waals surface area contributed by atoms with E-state index in [9.17, 15) is 0 Å². The van der Waals surface area contributed by atoms with E-state index in [4.69, 9.17) is 0 Å². The van der Waals surface area contributed by atoms with Crippen LogP contribution in [0.3, 0.4) is 0 Å². The molecule has 2 rings (SSSR count). The minimum absolute atomic E-state index is 0.0788. The fourth-order valence-corrected chi connectivity index (χ4v) is 6.88. The molecule has 0 saturated carbocycles. The Labute approximate surface area is 191 Å². The normalized spacial score (nSPS) is 11.1. The highest BCUT2D eigenvalue weighted by atomic mass is 127. The Kier molecular flexibility index (Phi) is 13.4. The highest BCUT2D eigenvalue weighted by molar-refractivity contribution is 5.17. The van der Waals surface area contributed by atoms with Crippen LogP contribution >= 0.6 is 0 Å². The quantitative estimate of drug-likeness (QED) is 0.205. The zero-order valence-corrected chi connectivity index (χ0v) is 21.1. The van der Waals surface area contributed by atoms with Gasteiger partial charge in [0.05, 0.1) is 0 Å². The summed E-state index contributed by atoms with van der Waals surface area (Å²) in [5, 5.41) is 0. The van der Waals surface area contributed by atoms with Crippen molar-refractivity contribution in [3.63, 3.8) is 0 Å². The lowest BCUT2D eigenvalue weighted by Crippen LogP contribution is -3.62. The van der Waals surface area contributed by atoms with Gasteiger partial charge in [-0.25, -0.2) is 0 Å². The Morgan fingerprint density at radius 1 is 0.483 bits per heavy atom. The topological polar surface area (TPSA) is 0 Å². The Balaban J connectivity index is 1.87. The van der Waals surface area contributed by atoms with E-state index in [0.29, 0.717) is 0 Å². The average Bonchev–Trinajstić information content (AvgIpc) is 2.75.